The van der Waals surface area contributed by atoms with E-state index in [2.05, 4.69) is 33.0 Å². The largest absolute Gasteiger partial charge is 0.444 e. The molecular weight excluding hydrogens is 408 g/mol. The summed E-state index contributed by atoms with van der Waals surface area (Å²) in [6.45, 7) is 8.56. The molecule has 0 spiro atoms. The van der Waals surface area contributed by atoms with E-state index in [1.807, 2.05) is 18.2 Å². The first-order valence-electron chi connectivity index (χ1n) is 11.0. The van der Waals surface area contributed by atoms with E-state index >= 15 is 0 Å². The van der Waals surface area contributed by atoms with Crippen LogP contribution in [-0.4, -0.2) is 45.1 Å². The monoisotopic (exact) mass is 444 g/mol. The number of nitrogens with zero attached hydrogens (tertiary/aromatic N) is 1. The number of carbonyl (C=O) groups is 2. The van der Waals surface area contributed by atoms with Gasteiger partial charge in [0.05, 0.1) is 17.9 Å². The minimum Gasteiger partial charge on any atom is -0.444 e. The predicted octanol–water partition coefficient (Wildman–Crippen LogP) is 3.43. The summed E-state index contributed by atoms with van der Waals surface area (Å²) in [5, 5.41) is 22.2. The van der Waals surface area contributed by atoms with Crippen molar-refractivity contribution in [1.29, 1.82) is 0 Å². The van der Waals surface area contributed by atoms with E-state index in [1.54, 1.807) is 40.8 Å². The number of H-pyrrole nitrogens is 1. The van der Waals surface area contributed by atoms with Gasteiger partial charge >= 0.3 is 6.09 Å². The number of benzene rings is 1. The van der Waals surface area contributed by atoms with Gasteiger partial charge in [-0.3, -0.25) is 9.89 Å². The Bertz CT molecular complexity index is 872. The van der Waals surface area contributed by atoms with Crippen molar-refractivity contribution in [3.8, 4) is 0 Å². The van der Waals surface area contributed by atoms with E-state index in [0.717, 1.165) is 24.1 Å². The highest BCUT2D eigenvalue weighted by molar-refractivity contribution is 5.89. The zero-order valence-corrected chi connectivity index (χ0v) is 19.7. The SMILES string of the molecule is CC(C)(C)OC(=O)NC(C)(C)C(=O)NC(CCCc1ccccc1)c1[nH]ncc1CCO. The molecule has 2 amide bonds. The maximum Gasteiger partial charge on any atom is 0.408 e. The third-order valence-electron chi connectivity index (χ3n) is 4.97. The van der Waals surface area contributed by atoms with Crippen LogP contribution in [0.3, 0.4) is 0 Å². The summed E-state index contributed by atoms with van der Waals surface area (Å²) in [5.41, 5.74) is 1.01. The highest BCUT2D eigenvalue weighted by atomic mass is 16.6. The van der Waals surface area contributed by atoms with Crippen molar-refractivity contribution in [2.45, 2.75) is 77.5 Å². The van der Waals surface area contributed by atoms with Crippen molar-refractivity contribution in [1.82, 2.24) is 20.8 Å². The van der Waals surface area contributed by atoms with Gasteiger partial charge in [0.15, 0.2) is 0 Å². The summed E-state index contributed by atoms with van der Waals surface area (Å²) >= 11 is 0. The Hall–Kier alpha value is -2.87. The molecule has 2 rings (SSSR count). The standard InChI is InChI=1S/C24H36N4O4/c1-23(2,3)32-22(31)27-24(4,5)21(30)26-19(20-18(14-15-29)16-25-28-20)13-9-12-17-10-7-6-8-11-17/h6-8,10-11,16,19,29H,9,12-15H2,1-5H3,(H,25,28)(H,26,30)(H,27,31). The number of aliphatic hydroxyl groups is 1. The van der Waals surface area contributed by atoms with E-state index in [-0.39, 0.29) is 18.6 Å². The van der Waals surface area contributed by atoms with E-state index in [0.29, 0.717) is 12.8 Å². The van der Waals surface area contributed by atoms with Gasteiger partial charge in [0.1, 0.15) is 11.1 Å². The van der Waals surface area contributed by atoms with Gasteiger partial charge in [0.2, 0.25) is 5.91 Å². The number of aryl methyl sites for hydroxylation is 1. The quantitative estimate of drug-likeness (QED) is 0.448. The van der Waals surface area contributed by atoms with E-state index in [1.165, 1.54) is 5.56 Å². The van der Waals surface area contributed by atoms with Crippen LogP contribution in [0.2, 0.25) is 0 Å². The maximum absolute atomic E-state index is 13.1. The molecule has 32 heavy (non-hydrogen) atoms. The van der Waals surface area contributed by atoms with Gasteiger partial charge in [-0.25, -0.2) is 4.79 Å². The molecule has 0 radical (unpaired) electrons. The van der Waals surface area contributed by atoms with Crippen LogP contribution >= 0.6 is 0 Å². The Kier molecular flexibility index (Phi) is 8.83. The van der Waals surface area contributed by atoms with Crippen LogP contribution in [0.5, 0.6) is 0 Å². The van der Waals surface area contributed by atoms with Gasteiger partial charge in [-0.2, -0.15) is 5.10 Å². The lowest BCUT2D eigenvalue weighted by molar-refractivity contribution is -0.127. The van der Waals surface area contributed by atoms with Gasteiger partial charge in [0.25, 0.3) is 0 Å². The number of hydrogen-bond acceptors (Lipinski definition) is 5. The molecule has 2 aromatic rings. The second kappa shape index (κ2) is 11.1. The summed E-state index contributed by atoms with van der Waals surface area (Å²) in [6, 6.07) is 9.82. The molecule has 0 bridgehead atoms. The van der Waals surface area contributed by atoms with Crippen molar-refractivity contribution in [2.75, 3.05) is 6.61 Å². The fraction of sp³-hybridized carbons (Fsp3) is 0.542. The van der Waals surface area contributed by atoms with Crippen molar-refractivity contribution in [2.24, 2.45) is 0 Å². The predicted molar refractivity (Wildman–Crippen MR) is 123 cm³/mol. The number of aromatic nitrogens is 2. The minimum atomic E-state index is -1.18. The Morgan fingerprint density at radius 1 is 1.12 bits per heavy atom. The molecule has 0 aliphatic carbocycles. The average Bonchev–Trinajstić information content (AvgIpc) is 3.14. The number of amides is 2. The number of rotatable bonds is 10. The molecular formula is C24H36N4O4. The maximum atomic E-state index is 13.1. The lowest BCUT2D eigenvalue weighted by atomic mass is 9.97. The third kappa shape index (κ3) is 8.00. The Labute approximate surface area is 190 Å². The van der Waals surface area contributed by atoms with E-state index in [9.17, 15) is 14.7 Å². The number of alkyl carbamates (subject to hydrolysis) is 1. The van der Waals surface area contributed by atoms with Crippen molar-refractivity contribution < 1.29 is 19.4 Å². The van der Waals surface area contributed by atoms with Crippen molar-refractivity contribution >= 4 is 12.0 Å². The molecule has 0 aliphatic rings. The fourth-order valence-electron chi connectivity index (χ4n) is 3.34. The van der Waals surface area contributed by atoms with Crippen LogP contribution in [0.1, 0.15) is 70.3 Å². The van der Waals surface area contributed by atoms with E-state index in [4.69, 9.17) is 4.74 Å². The molecule has 1 atom stereocenters. The first kappa shape index (κ1) is 25.4. The highest BCUT2D eigenvalue weighted by Gasteiger charge is 2.33. The van der Waals surface area contributed by atoms with Crippen LogP contribution in [-0.2, 0) is 22.4 Å². The molecule has 0 saturated carbocycles. The number of ether oxygens (including phenoxy) is 1. The molecule has 0 saturated heterocycles. The first-order chi connectivity index (χ1) is 15.0. The van der Waals surface area contributed by atoms with E-state index < -0.39 is 17.2 Å². The zero-order chi connectivity index (χ0) is 23.8. The first-order valence-corrected chi connectivity index (χ1v) is 11.0. The molecule has 4 N–H and O–H groups in total. The smallest absolute Gasteiger partial charge is 0.408 e. The average molecular weight is 445 g/mol. The summed E-state index contributed by atoms with van der Waals surface area (Å²) < 4.78 is 5.29. The molecule has 1 heterocycles. The lowest BCUT2D eigenvalue weighted by Crippen LogP contribution is -2.56. The molecule has 0 fully saturated rings. The number of nitrogens with one attached hydrogen (secondary N) is 3. The number of aliphatic hydroxyl groups excluding tert-OH is 1. The number of hydrogen-bond donors (Lipinski definition) is 4. The topological polar surface area (TPSA) is 116 Å². The highest BCUT2D eigenvalue weighted by Crippen LogP contribution is 2.23. The van der Waals surface area contributed by atoms with Gasteiger partial charge in [-0.05, 0) is 71.4 Å². The molecule has 176 valence electrons. The third-order valence-corrected chi connectivity index (χ3v) is 4.97. The molecule has 1 aromatic heterocycles. The summed E-state index contributed by atoms with van der Waals surface area (Å²) in [5.74, 6) is -0.336. The van der Waals surface area contributed by atoms with Gasteiger partial charge in [-0.1, -0.05) is 30.3 Å². The molecule has 1 unspecified atom stereocenters. The lowest BCUT2D eigenvalue weighted by Gasteiger charge is -2.30. The molecule has 8 heteroatoms. The molecule has 0 aliphatic heterocycles. The zero-order valence-electron chi connectivity index (χ0n) is 19.7. The van der Waals surface area contributed by atoms with Crippen molar-refractivity contribution in [3.05, 3.63) is 53.3 Å². The Morgan fingerprint density at radius 3 is 2.44 bits per heavy atom. The Balaban J connectivity index is 2.11. The summed E-state index contributed by atoms with van der Waals surface area (Å²) in [7, 11) is 0. The second-order valence-corrected chi connectivity index (χ2v) is 9.44. The van der Waals surface area contributed by atoms with Crippen LogP contribution in [0.15, 0.2) is 36.5 Å². The number of carbonyl (C=O) groups excluding carboxylic acids is 2. The summed E-state index contributed by atoms with van der Waals surface area (Å²) in [6.07, 6.45) is 3.84. The minimum absolute atomic E-state index is 0.0110. The fourth-order valence-corrected chi connectivity index (χ4v) is 3.34. The molecule has 1 aromatic carbocycles. The Morgan fingerprint density at radius 2 is 1.81 bits per heavy atom. The van der Waals surface area contributed by atoms with Gasteiger partial charge in [0, 0.05) is 6.61 Å². The van der Waals surface area contributed by atoms with Crippen LogP contribution in [0, 0.1) is 0 Å². The van der Waals surface area contributed by atoms with Crippen molar-refractivity contribution in [3.63, 3.8) is 0 Å². The van der Waals surface area contributed by atoms with Crippen LogP contribution in [0.25, 0.3) is 0 Å². The number of aromatic amines is 1. The second-order valence-electron chi connectivity index (χ2n) is 9.44. The van der Waals surface area contributed by atoms with Crippen LogP contribution in [0.4, 0.5) is 4.79 Å². The summed E-state index contributed by atoms with van der Waals surface area (Å²) in [4.78, 5) is 25.3. The van der Waals surface area contributed by atoms with Crippen LogP contribution < -0.4 is 10.6 Å². The normalized spacial score (nSPS) is 12.8. The van der Waals surface area contributed by atoms with Gasteiger partial charge in [-0.15, -0.1) is 0 Å². The molecule has 8 nitrogen and oxygen atoms in total. The van der Waals surface area contributed by atoms with Gasteiger partial charge < -0.3 is 20.5 Å².